The summed E-state index contributed by atoms with van der Waals surface area (Å²) in [5, 5.41) is 24.8. The molecule has 10 rings (SSSR count). The van der Waals surface area contributed by atoms with Gasteiger partial charge < -0.3 is 9.13 Å². The molecule has 0 N–H and O–H groups in total. The lowest BCUT2D eigenvalue weighted by molar-refractivity contribution is -0.137. The molecule has 4 nitrogen and oxygen atoms in total. The zero-order valence-corrected chi connectivity index (χ0v) is 32.5. The number of benzene rings is 8. The van der Waals surface area contributed by atoms with Crippen molar-refractivity contribution in [3.05, 3.63) is 192 Å². The zero-order chi connectivity index (χ0) is 41.3. The van der Waals surface area contributed by atoms with Gasteiger partial charge in [0.25, 0.3) is 0 Å². The van der Waals surface area contributed by atoms with Crippen LogP contribution in [0.25, 0.3) is 88.4 Å². The molecule has 286 valence electrons. The monoisotopic (exact) mass is 782 g/mol. The number of aromatic nitrogens is 2. The molecule has 0 fully saturated rings. The molecule has 0 atom stereocenters. The number of halogens is 3. The first-order valence-corrected chi connectivity index (χ1v) is 19.5. The maximum Gasteiger partial charge on any atom is 0.416 e. The molecule has 0 radical (unpaired) electrons. The van der Waals surface area contributed by atoms with Gasteiger partial charge in [0.15, 0.2) is 0 Å². The van der Waals surface area contributed by atoms with E-state index in [2.05, 4.69) is 89.7 Å². The Balaban J connectivity index is 1.40. The van der Waals surface area contributed by atoms with Crippen LogP contribution in [0.2, 0.25) is 0 Å². The first-order chi connectivity index (χ1) is 29.1. The third-order valence-electron chi connectivity index (χ3n) is 11.6. The largest absolute Gasteiger partial charge is 0.416 e. The van der Waals surface area contributed by atoms with E-state index in [4.69, 9.17) is 0 Å². The standard InChI is InChI=1S/C53H33F3N4/c1-32-11-3-5-13-40(32)36-19-21-44-42-15-7-9-17-46(42)59(48(44)28-36)50-25-35(31-58)26-51(52(50)38-23-34(30-57)24-39(27-38)53(54,55)56)60-47-18-10-8-16-43(47)45-22-20-37(29-49(45)60)41-14-6-4-12-33(41)2/h3-29H,1-2H3. The molecule has 0 amide bonds. The molecule has 7 heteroatoms. The SMILES string of the molecule is Cc1ccccc1-c1ccc2c3ccccc3n(-c3cc(C#N)cc(-n4c5ccccc5c5ccc(-c6ccccc6C)cc54)c3-c3cc(C#N)cc(C(F)(F)F)c3)c2c1. The minimum atomic E-state index is -4.74. The summed E-state index contributed by atoms with van der Waals surface area (Å²) < 4.78 is 48.6. The molecule has 0 aliphatic rings. The summed E-state index contributed by atoms with van der Waals surface area (Å²) in [6, 6.07) is 56.1. The zero-order valence-electron chi connectivity index (χ0n) is 32.5. The summed E-state index contributed by atoms with van der Waals surface area (Å²) in [5.74, 6) is 0. The second kappa shape index (κ2) is 13.9. The number of fused-ring (bicyclic) bond motifs is 6. The summed E-state index contributed by atoms with van der Waals surface area (Å²) >= 11 is 0. The average Bonchev–Trinajstić information content (AvgIpc) is 3.77. The molecule has 0 saturated carbocycles. The molecule has 2 aromatic heterocycles. The fourth-order valence-corrected chi connectivity index (χ4v) is 8.91. The fraction of sp³-hybridized carbons (Fsp3) is 0.0566. The van der Waals surface area contributed by atoms with E-state index >= 15 is 0 Å². The minimum Gasteiger partial charge on any atom is -0.308 e. The van der Waals surface area contributed by atoms with Crippen LogP contribution in [0.5, 0.6) is 0 Å². The van der Waals surface area contributed by atoms with Crippen LogP contribution < -0.4 is 0 Å². The van der Waals surface area contributed by atoms with Crippen molar-refractivity contribution in [1.82, 2.24) is 9.13 Å². The number of para-hydroxylation sites is 2. The van der Waals surface area contributed by atoms with Crippen molar-refractivity contribution in [2.45, 2.75) is 20.0 Å². The second-order valence-corrected chi connectivity index (χ2v) is 15.2. The predicted octanol–water partition coefficient (Wildman–Crippen LogP) is 14.3. The summed E-state index contributed by atoms with van der Waals surface area (Å²) in [6.45, 7) is 4.12. The fourth-order valence-electron chi connectivity index (χ4n) is 8.91. The van der Waals surface area contributed by atoms with E-state index in [1.54, 1.807) is 12.1 Å². The van der Waals surface area contributed by atoms with E-state index in [0.29, 0.717) is 22.5 Å². The number of alkyl halides is 3. The highest BCUT2D eigenvalue weighted by molar-refractivity contribution is 6.13. The maximum absolute atomic E-state index is 14.8. The number of nitriles is 2. The van der Waals surface area contributed by atoms with Crippen LogP contribution in [0.3, 0.4) is 0 Å². The van der Waals surface area contributed by atoms with Crippen LogP contribution in [-0.2, 0) is 6.18 Å². The van der Waals surface area contributed by atoms with Gasteiger partial charge in [0.1, 0.15) is 0 Å². The minimum absolute atomic E-state index is 0.130. The van der Waals surface area contributed by atoms with Crippen LogP contribution >= 0.6 is 0 Å². The van der Waals surface area contributed by atoms with E-state index < -0.39 is 11.7 Å². The highest BCUT2D eigenvalue weighted by Crippen LogP contribution is 2.45. The second-order valence-electron chi connectivity index (χ2n) is 15.2. The van der Waals surface area contributed by atoms with E-state index in [-0.39, 0.29) is 11.1 Å². The van der Waals surface area contributed by atoms with Gasteiger partial charge in [-0.25, -0.2) is 0 Å². The van der Waals surface area contributed by atoms with Crippen LogP contribution in [0, 0.1) is 36.5 Å². The van der Waals surface area contributed by atoms with E-state index in [0.717, 1.165) is 89.1 Å². The van der Waals surface area contributed by atoms with Gasteiger partial charge in [-0.1, -0.05) is 109 Å². The normalized spacial score (nSPS) is 11.7. The van der Waals surface area contributed by atoms with Gasteiger partial charge in [-0.15, -0.1) is 0 Å². The first kappa shape index (κ1) is 36.5. The van der Waals surface area contributed by atoms with Crippen molar-refractivity contribution in [2.75, 3.05) is 0 Å². The average molecular weight is 783 g/mol. The first-order valence-electron chi connectivity index (χ1n) is 19.5. The number of rotatable bonds is 5. The lowest BCUT2D eigenvalue weighted by Crippen LogP contribution is -2.08. The van der Waals surface area contributed by atoms with Gasteiger partial charge in [0, 0.05) is 27.1 Å². The Hall–Kier alpha value is -7.87. The molecule has 0 saturated heterocycles. The van der Waals surface area contributed by atoms with E-state index in [1.807, 2.05) is 78.9 Å². The Labute approximate surface area is 343 Å². The molecule has 2 heterocycles. The molecule has 0 unspecified atom stereocenters. The van der Waals surface area contributed by atoms with Gasteiger partial charge >= 0.3 is 6.18 Å². The maximum atomic E-state index is 14.8. The smallest absolute Gasteiger partial charge is 0.308 e. The quantitative estimate of drug-likeness (QED) is 0.175. The lowest BCUT2D eigenvalue weighted by atomic mass is 9.94. The van der Waals surface area contributed by atoms with E-state index in [1.165, 1.54) is 6.07 Å². The summed E-state index contributed by atoms with van der Waals surface area (Å²) in [7, 11) is 0. The Morgan fingerprint density at radius 1 is 0.433 bits per heavy atom. The van der Waals surface area contributed by atoms with Crippen molar-refractivity contribution < 1.29 is 13.2 Å². The van der Waals surface area contributed by atoms with Crippen molar-refractivity contribution in [3.8, 4) is 56.9 Å². The summed E-state index contributed by atoms with van der Waals surface area (Å²) in [4.78, 5) is 0. The van der Waals surface area contributed by atoms with Gasteiger partial charge in [0.05, 0.1) is 62.3 Å². The van der Waals surface area contributed by atoms with Gasteiger partial charge in [-0.05, 0) is 107 Å². The number of hydrogen-bond acceptors (Lipinski definition) is 2. The summed E-state index contributed by atoms with van der Waals surface area (Å²) in [6.07, 6.45) is -4.74. The molecule has 0 aliphatic carbocycles. The molecule has 10 aromatic rings. The van der Waals surface area contributed by atoms with Crippen molar-refractivity contribution >= 4 is 43.6 Å². The van der Waals surface area contributed by atoms with Crippen LogP contribution in [0.1, 0.15) is 27.8 Å². The third-order valence-corrected chi connectivity index (χ3v) is 11.6. The molecule has 60 heavy (non-hydrogen) atoms. The van der Waals surface area contributed by atoms with Gasteiger partial charge in [-0.3, -0.25) is 0 Å². The van der Waals surface area contributed by atoms with E-state index in [9.17, 15) is 23.7 Å². The third kappa shape index (κ3) is 5.82. The molecule has 0 spiro atoms. The van der Waals surface area contributed by atoms with Crippen molar-refractivity contribution in [3.63, 3.8) is 0 Å². The molecule has 8 aromatic carbocycles. The molecule has 0 bridgehead atoms. The molecular formula is C53H33F3N4. The van der Waals surface area contributed by atoms with Gasteiger partial charge in [0.2, 0.25) is 0 Å². The van der Waals surface area contributed by atoms with Crippen LogP contribution in [0.4, 0.5) is 13.2 Å². The highest BCUT2D eigenvalue weighted by atomic mass is 19.4. The Morgan fingerprint density at radius 3 is 1.33 bits per heavy atom. The Morgan fingerprint density at radius 2 is 0.867 bits per heavy atom. The number of nitrogens with zero attached hydrogens (tertiary/aromatic N) is 4. The Kier molecular flexibility index (Phi) is 8.45. The molecule has 0 aliphatic heterocycles. The summed E-state index contributed by atoms with van der Waals surface area (Å²) in [5.41, 5.74) is 10.4. The van der Waals surface area contributed by atoms with Gasteiger partial charge in [-0.2, -0.15) is 23.7 Å². The molecular weight excluding hydrogens is 750 g/mol. The van der Waals surface area contributed by atoms with Crippen LogP contribution in [-0.4, -0.2) is 9.13 Å². The van der Waals surface area contributed by atoms with Crippen LogP contribution in [0.15, 0.2) is 164 Å². The Bertz CT molecular complexity index is 3300. The van der Waals surface area contributed by atoms with Crippen molar-refractivity contribution in [1.29, 1.82) is 10.5 Å². The number of hydrogen-bond donors (Lipinski definition) is 0. The topological polar surface area (TPSA) is 57.4 Å². The lowest BCUT2D eigenvalue weighted by Gasteiger charge is -2.22. The highest BCUT2D eigenvalue weighted by Gasteiger charge is 2.33. The number of aryl methyl sites for hydroxylation is 2. The predicted molar refractivity (Wildman–Crippen MR) is 235 cm³/mol. The van der Waals surface area contributed by atoms with Crippen molar-refractivity contribution in [2.24, 2.45) is 0 Å².